The molecule has 2 aromatic rings. The first-order valence-corrected chi connectivity index (χ1v) is 10.3. The van der Waals surface area contributed by atoms with Gasteiger partial charge in [0.15, 0.2) is 0 Å². The number of aliphatic hydroxyl groups is 1. The molecule has 0 aliphatic rings. The number of rotatable bonds is 6. The molecule has 23 heavy (non-hydrogen) atoms. The van der Waals surface area contributed by atoms with E-state index in [4.69, 9.17) is 4.78 Å². The van der Waals surface area contributed by atoms with Crippen LogP contribution in [0.1, 0.15) is 13.8 Å². The topological polar surface area (TPSA) is 81.9 Å². The highest BCUT2D eigenvalue weighted by atomic mass is 79.9. The molecular weight excluding hydrogens is 396 g/mol. The number of nitrogens with one attached hydrogen (secondary N) is 2. The lowest BCUT2D eigenvalue weighted by Gasteiger charge is -2.15. The molecule has 0 amide bonds. The SMILES string of the molecule is CC(O)C(C)Sc1nc(Nc2ccc(S(C)=N)cc2)ncc1Br. The highest BCUT2D eigenvalue weighted by Gasteiger charge is 2.14. The quantitative estimate of drug-likeness (QED) is 0.486. The van der Waals surface area contributed by atoms with Crippen molar-refractivity contribution in [3.63, 3.8) is 0 Å². The molecule has 1 aromatic heterocycles. The third kappa shape index (κ3) is 5.27. The second-order valence-corrected chi connectivity index (χ2v) is 8.78. The lowest BCUT2D eigenvalue weighted by molar-refractivity contribution is 0.196. The standard InChI is InChI=1S/C15H19BrN4OS2/c1-9(21)10(2)22-14-13(16)8-18-15(20-14)19-11-4-6-12(7-5-11)23(3)17/h4-10,17,21H,1-3H3,(H,18,19,20). The van der Waals surface area contributed by atoms with Gasteiger partial charge in [-0.15, -0.1) is 0 Å². The molecular formula is C15H19BrN4OS2. The Labute approximate surface area is 151 Å². The number of thioether (sulfide) groups is 1. The maximum absolute atomic E-state index is 9.64. The van der Waals surface area contributed by atoms with Gasteiger partial charge < -0.3 is 10.4 Å². The number of aliphatic hydroxyl groups excluding tert-OH is 1. The predicted molar refractivity (Wildman–Crippen MR) is 101 cm³/mol. The van der Waals surface area contributed by atoms with Crippen molar-refractivity contribution < 1.29 is 5.11 Å². The molecule has 124 valence electrons. The minimum Gasteiger partial charge on any atom is -0.392 e. The van der Waals surface area contributed by atoms with Crippen LogP contribution in [0.5, 0.6) is 0 Å². The summed E-state index contributed by atoms with van der Waals surface area (Å²) in [5, 5.41) is 13.6. The van der Waals surface area contributed by atoms with E-state index in [0.29, 0.717) is 5.95 Å². The third-order valence-electron chi connectivity index (χ3n) is 3.15. The second-order valence-electron chi connectivity index (χ2n) is 5.07. The van der Waals surface area contributed by atoms with Gasteiger partial charge in [-0.25, -0.2) is 9.97 Å². The fraction of sp³-hybridized carbons (Fsp3) is 0.333. The highest BCUT2D eigenvalue weighted by Crippen LogP contribution is 2.31. The molecule has 0 fully saturated rings. The molecule has 0 saturated carbocycles. The molecule has 0 spiro atoms. The van der Waals surface area contributed by atoms with Crippen LogP contribution in [0.25, 0.3) is 0 Å². The van der Waals surface area contributed by atoms with Crippen molar-refractivity contribution in [1.29, 1.82) is 4.78 Å². The summed E-state index contributed by atoms with van der Waals surface area (Å²) in [5.41, 5.74) is 0.876. The smallest absolute Gasteiger partial charge is 0.228 e. The predicted octanol–water partition coefficient (Wildman–Crippen LogP) is 4.21. The number of halogens is 1. The second kappa shape index (κ2) is 8.23. The van der Waals surface area contributed by atoms with Gasteiger partial charge in [-0.1, -0.05) is 29.4 Å². The summed E-state index contributed by atoms with van der Waals surface area (Å²) in [6.45, 7) is 3.72. The summed E-state index contributed by atoms with van der Waals surface area (Å²) in [6, 6.07) is 7.71. The lowest BCUT2D eigenvalue weighted by Crippen LogP contribution is -2.15. The van der Waals surface area contributed by atoms with Gasteiger partial charge in [0.05, 0.1) is 10.6 Å². The van der Waals surface area contributed by atoms with E-state index in [0.717, 1.165) is 20.1 Å². The Morgan fingerprint density at radius 2 is 1.96 bits per heavy atom. The fourth-order valence-corrected chi connectivity index (χ4v) is 3.51. The molecule has 5 nitrogen and oxygen atoms in total. The van der Waals surface area contributed by atoms with Crippen LogP contribution in [0, 0.1) is 4.78 Å². The monoisotopic (exact) mass is 414 g/mol. The van der Waals surface area contributed by atoms with Crippen LogP contribution < -0.4 is 5.32 Å². The Kier molecular flexibility index (Phi) is 6.58. The normalized spacial score (nSPS) is 15.0. The van der Waals surface area contributed by atoms with E-state index < -0.39 is 16.8 Å². The van der Waals surface area contributed by atoms with Gasteiger partial charge >= 0.3 is 0 Å². The Morgan fingerprint density at radius 3 is 2.52 bits per heavy atom. The van der Waals surface area contributed by atoms with Crippen LogP contribution in [0.4, 0.5) is 11.6 Å². The van der Waals surface area contributed by atoms with Crippen molar-refractivity contribution in [3.05, 3.63) is 34.9 Å². The summed E-state index contributed by atoms with van der Waals surface area (Å²) >= 11 is 4.94. The number of anilines is 2. The molecule has 2 rings (SSSR count). The first-order chi connectivity index (χ1) is 10.9. The first kappa shape index (κ1) is 18.4. The molecule has 3 unspecified atom stereocenters. The van der Waals surface area contributed by atoms with Gasteiger partial charge in [0.25, 0.3) is 0 Å². The number of benzene rings is 1. The Balaban J connectivity index is 2.15. The molecule has 1 aromatic carbocycles. The van der Waals surface area contributed by atoms with E-state index in [1.165, 1.54) is 11.8 Å². The molecule has 0 aliphatic heterocycles. The fourth-order valence-electron chi connectivity index (χ4n) is 1.64. The van der Waals surface area contributed by atoms with Crippen molar-refractivity contribution >= 4 is 50.0 Å². The summed E-state index contributed by atoms with van der Waals surface area (Å²) in [7, 11) is -0.494. The van der Waals surface area contributed by atoms with Crippen molar-refractivity contribution in [1.82, 2.24) is 9.97 Å². The number of hydrogen-bond donors (Lipinski definition) is 3. The minimum atomic E-state index is -0.494. The van der Waals surface area contributed by atoms with Gasteiger partial charge in [-0.05, 0) is 53.4 Å². The van der Waals surface area contributed by atoms with Crippen LogP contribution in [0.2, 0.25) is 0 Å². The molecule has 0 bridgehead atoms. The first-order valence-electron chi connectivity index (χ1n) is 6.98. The van der Waals surface area contributed by atoms with Crippen molar-refractivity contribution in [2.24, 2.45) is 0 Å². The zero-order chi connectivity index (χ0) is 17.0. The van der Waals surface area contributed by atoms with Gasteiger partial charge in [0.2, 0.25) is 5.95 Å². The van der Waals surface area contributed by atoms with E-state index >= 15 is 0 Å². The van der Waals surface area contributed by atoms with Gasteiger partial charge in [-0.2, -0.15) is 0 Å². The largest absolute Gasteiger partial charge is 0.392 e. The molecule has 0 saturated heterocycles. The van der Waals surface area contributed by atoms with Gasteiger partial charge in [0, 0.05) is 22.0 Å². The summed E-state index contributed by atoms with van der Waals surface area (Å²) in [5.74, 6) is 0.502. The highest BCUT2D eigenvalue weighted by molar-refractivity contribution is 9.10. The van der Waals surface area contributed by atoms with E-state index in [1.54, 1.807) is 13.1 Å². The van der Waals surface area contributed by atoms with Crippen molar-refractivity contribution in [2.45, 2.75) is 35.1 Å². The van der Waals surface area contributed by atoms with Crippen LogP contribution in [-0.2, 0) is 10.7 Å². The maximum Gasteiger partial charge on any atom is 0.228 e. The zero-order valence-electron chi connectivity index (χ0n) is 13.1. The van der Waals surface area contributed by atoms with Gasteiger partial charge in [-0.3, -0.25) is 4.78 Å². The average Bonchev–Trinajstić information content (AvgIpc) is 2.51. The maximum atomic E-state index is 9.64. The van der Waals surface area contributed by atoms with E-state index in [2.05, 4.69) is 31.2 Å². The number of hydrogen-bond acceptors (Lipinski definition) is 6. The molecule has 0 aliphatic carbocycles. The molecule has 0 radical (unpaired) electrons. The summed E-state index contributed by atoms with van der Waals surface area (Å²) in [4.78, 5) is 9.75. The Bertz CT molecular complexity index is 694. The van der Waals surface area contributed by atoms with Crippen LogP contribution in [-0.4, -0.2) is 32.7 Å². The molecule has 1 heterocycles. The van der Waals surface area contributed by atoms with Crippen LogP contribution in [0.15, 0.2) is 44.9 Å². The molecule has 3 N–H and O–H groups in total. The molecule has 8 heteroatoms. The summed E-state index contributed by atoms with van der Waals surface area (Å²) in [6.07, 6.45) is 3.15. The lowest BCUT2D eigenvalue weighted by atomic mass is 10.3. The van der Waals surface area contributed by atoms with Gasteiger partial charge in [0.1, 0.15) is 5.03 Å². The Hall–Kier alpha value is -0.960. The van der Waals surface area contributed by atoms with E-state index in [1.807, 2.05) is 37.4 Å². The van der Waals surface area contributed by atoms with E-state index in [9.17, 15) is 5.11 Å². The minimum absolute atomic E-state index is 0.0351. The Morgan fingerprint density at radius 1 is 1.30 bits per heavy atom. The summed E-state index contributed by atoms with van der Waals surface area (Å²) < 4.78 is 8.52. The average molecular weight is 415 g/mol. The number of aromatic nitrogens is 2. The zero-order valence-corrected chi connectivity index (χ0v) is 16.3. The van der Waals surface area contributed by atoms with E-state index in [-0.39, 0.29) is 5.25 Å². The molecule has 3 atom stereocenters. The third-order valence-corrected chi connectivity index (χ3v) is 6.27. The van der Waals surface area contributed by atoms with Crippen LogP contribution in [0.3, 0.4) is 0 Å². The van der Waals surface area contributed by atoms with Crippen molar-refractivity contribution in [3.8, 4) is 0 Å². The van der Waals surface area contributed by atoms with Crippen molar-refractivity contribution in [2.75, 3.05) is 11.6 Å². The van der Waals surface area contributed by atoms with Crippen LogP contribution >= 0.6 is 27.7 Å². The number of nitrogens with zero attached hydrogens (tertiary/aromatic N) is 2.